The molecule has 0 radical (unpaired) electrons. The first-order valence-corrected chi connectivity index (χ1v) is 6.95. The number of aromatic nitrogens is 1. The predicted octanol–water partition coefficient (Wildman–Crippen LogP) is 3.42. The smallest absolute Gasteiger partial charge is 0.0372 e. The van der Waals surface area contributed by atoms with Crippen LogP contribution in [0.25, 0.3) is 0 Å². The van der Waals surface area contributed by atoms with Gasteiger partial charge in [0, 0.05) is 17.9 Å². The summed E-state index contributed by atoms with van der Waals surface area (Å²) >= 11 is 0. The lowest BCUT2D eigenvalue weighted by Gasteiger charge is -2.30. The van der Waals surface area contributed by atoms with Crippen LogP contribution in [0.1, 0.15) is 56.2 Å². The van der Waals surface area contributed by atoms with Crippen LogP contribution < -0.4 is 5.32 Å². The second kappa shape index (κ2) is 6.15. The SMILES string of the molecule is CCCNC1CCCC(c2ccc(C)nc2)C1. The maximum Gasteiger partial charge on any atom is 0.0372 e. The topological polar surface area (TPSA) is 24.9 Å². The maximum absolute atomic E-state index is 4.42. The lowest BCUT2D eigenvalue weighted by molar-refractivity contribution is 0.340. The molecule has 1 saturated carbocycles. The van der Waals surface area contributed by atoms with Crippen LogP contribution in [0.4, 0.5) is 0 Å². The van der Waals surface area contributed by atoms with E-state index in [2.05, 4.69) is 42.5 Å². The molecule has 1 aromatic heterocycles. The van der Waals surface area contributed by atoms with E-state index in [4.69, 9.17) is 0 Å². The molecule has 1 aliphatic carbocycles. The van der Waals surface area contributed by atoms with E-state index in [1.165, 1.54) is 37.7 Å². The van der Waals surface area contributed by atoms with Crippen molar-refractivity contribution < 1.29 is 0 Å². The Morgan fingerprint density at radius 1 is 1.35 bits per heavy atom. The van der Waals surface area contributed by atoms with Crippen molar-refractivity contribution in [3.05, 3.63) is 29.6 Å². The number of nitrogens with one attached hydrogen (secondary N) is 1. The van der Waals surface area contributed by atoms with E-state index >= 15 is 0 Å². The molecule has 1 heterocycles. The number of nitrogens with zero attached hydrogens (tertiary/aromatic N) is 1. The highest BCUT2D eigenvalue weighted by Gasteiger charge is 2.22. The summed E-state index contributed by atoms with van der Waals surface area (Å²) in [6, 6.07) is 5.11. The molecule has 0 aliphatic heterocycles. The lowest BCUT2D eigenvalue weighted by atomic mass is 9.82. The Kier molecular flexibility index (Phi) is 4.55. The molecule has 2 unspecified atom stereocenters. The zero-order chi connectivity index (χ0) is 12.1. The van der Waals surface area contributed by atoms with Gasteiger partial charge < -0.3 is 5.32 Å². The fourth-order valence-corrected chi connectivity index (χ4v) is 2.75. The largest absolute Gasteiger partial charge is 0.314 e. The monoisotopic (exact) mass is 232 g/mol. The van der Waals surface area contributed by atoms with Gasteiger partial charge in [-0.3, -0.25) is 4.98 Å². The minimum Gasteiger partial charge on any atom is -0.314 e. The Morgan fingerprint density at radius 2 is 2.24 bits per heavy atom. The highest BCUT2D eigenvalue weighted by molar-refractivity contribution is 5.18. The third-order valence-corrected chi connectivity index (χ3v) is 3.76. The van der Waals surface area contributed by atoms with E-state index in [-0.39, 0.29) is 0 Å². The predicted molar refractivity (Wildman–Crippen MR) is 72.3 cm³/mol. The van der Waals surface area contributed by atoms with Gasteiger partial charge >= 0.3 is 0 Å². The third-order valence-electron chi connectivity index (χ3n) is 3.76. The minimum absolute atomic E-state index is 0.714. The molecule has 1 aliphatic rings. The van der Waals surface area contributed by atoms with Gasteiger partial charge in [-0.1, -0.05) is 19.4 Å². The summed E-state index contributed by atoms with van der Waals surface area (Å²) in [5, 5.41) is 3.66. The van der Waals surface area contributed by atoms with E-state index in [0.717, 1.165) is 18.3 Å². The van der Waals surface area contributed by atoms with Gasteiger partial charge in [0.25, 0.3) is 0 Å². The van der Waals surface area contributed by atoms with Gasteiger partial charge in [-0.15, -0.1) is 0 Å². The zero-order valence-electron chi connectivity index (χ0n) is 11.1. The van der Waals surface area contributed by atoms with Crippen molar-refractivity contribution in [3.8, 4) is 0 Å². The Hall–Kier alpha value is -0.890. The second-order valence-electron chi connectivity index (χ2n) is 5.25. The van der Waals surface area contributed by atoms with Gasteiger partial charge in [0.15, 0.2) is 0 Å². The van der Waals surface area contributed by atoms with E-state index in [9.17, 15) is 0 Å². The lowest BCUT2D eigenvalue weighted by Crippen LogP contribution is -2.34. The van der Waals surface area contributed by atoms with Crippen LogP contribution in [0.5, 0.6) is 0 Å². The average molecular weight is 232 g/mol. The molecule has 0 spiro atoms. The molecule has 0 bridgehead atoms. The summed E-state index contributed by atoms with van der Waals surface area (Å²) in [5.41, 5.74) is 2.55. The number of hydrogen-bond acceptors (Lipinski definition) is 2. The van der Waals surface area contributed by atoms with Gasteiger partial charge in [0.2, 0.25) is 0 Å². The number of rotatable bonds is 4. The molecule has 17 heavy (non-hydrogen) atoms. The van der Waals surface area contributed by atoms with Crippen LogP contribution in [0.3, 0.4) is 0 Å². The maximum atomic E-state index is 4.42. The normalized spacial score (nSPS) is 24.8. The molecule has 94 valence electrons. The summed E-state index contributed by atoms with van der Waals surface area (Å²) in [5.74, 6) is 0.714. The van der Waals surface area contributed by atoms with E-state index in [1.807, 2.05) is 0 Å². The third kappa shape index (κ3) is 3.53. The van der Waals surface area contributed by atoms with Crippen molar-refractivity contribution in [2.45, 2.75) is 57.9 Å². The first-order chi connectivity index (χ1) is 8.29. The van der Waals surface area contributed by atoms with Crippen molar-refractivity contribution in [2.24, 2.45) is 0 Å². The molecule has 1 N–H and O–H groups in total. The first-order valence-electron chi connectivity index (χ1n) is 6.95. The Morgan fingerprint density at radius 3 is 2.94 bits per heavy atom. The molecule has 2 rings (SSSR count). The van der Waals surface area contributed by atoms with Crippen molar-refractivity contribution >= 4 is 0 Å². The van der Waals surface area contributed by atoms with Crippen molar-refractivity contribution in [3.63, 3.8) is 0 Å². The number of aryl methyl sites for hydroxylation is 1. The van der Waals surface area contributed by atoms with Crippen LogP contribution in [-0.2, 0) is 0 Å². The van der Waals surface area contributed by atoms with Crippen LogP contribution >= 0.6 is 0 Å². The van der Waals surface area contributed by atoms with E-state index in [0.29, 0.717) is 5.92 Å². The van der Waals surface area contributed by atoms with Gasteiger partial charge in [-0.25, -0.2) is 0 Å². The number of pyridine rings is 1. The Labute approximate surface area is 105 Å². The molecule has 1 aromatic rings. The van der Waals surface area contributed by atoms with Gasteiger partial charge in [-0.2, -0.15) is 0 Å². The summed E-state index contributed by atoms with van der Waals surface area (Å²) in [6.45, 7) is 5.44. The van der Waals surface area contributed by atoms with Crippen LogP contribution in [0.15, 0.2) is 18.3 Å². The molecular formula is C15H24N2. The number of hydrogen-bond donors (Lipinski definition) is 1. The first kappa shape index (κ1) is 12.6. The molecule has 1 fully saturated rings. The average Bonchev–Trinajstić information content (AvgIpc) is 2.37. The molecule has 2 nitrogen and oxygen atoms in total. The Balaban J connectivity index is 1.94. The van der Waals surface area contributed by atoms with Gasteiger partial charge in [0.05, 0.1) is 0 Å². The standard InChI is InChI=1S/C15H24N2/c1-3-9-16-15-6-4-5-13(10-15)14-8-7-12(2)17-11-14/h7-8,11,13,15-16H,3-6,9-10H2,1-2H3. The van der Waals surface area contributed by atoms with Crippen LogP contribution in [-0.4, -0.2) is 17.6 Å². The van der Waals surface area contributed by atoms with E-state index in [1.54, 1.807) is 0 Å². The van der Waals surface area contributed by atoms with Crippen molar-refractivity contribution in [1.82, 2.24) is 10.3 Å². The minimum atomic E-state index is 0.714. The van der Waals surface area contributed by atoms with Crippen molar-refractivity contribution in [2.75, 3.05) is 6.54 Å². The van der Waals surface area contributed by atoms with Crippen LogP contribution in [0.2, 0.25) is 0 Å². The molecule has 2 atom stereocenters. The summed E-state index contributed by atoms with van der Waals surface area (Å²) in [6.07, 6.45) is 8.60. The summed E-state index contributed by atoms with van der Waals surface area (Å²) in [4.78, 5) is 4.42. The fraction of sp³-hybridized carbons (Fsp3) is 0.667. The van der Waals surface area contributed by atoms with Crippen molar-refractivity contribution in [1.29, 1.82) is 0 Å². The molecular weight excluding hydrogens is 208 g/mol. The highest BCUT2D eigenvalue weighted by Crippen LogP contribution is 2.32. The summed E-state index contributed by atoms with van der Waals surface area (Å²) in [7, 11) is 0. The molecule has 0 aromatic carbocycles. The second-order valence-corrected chi connectivity index (χ2v) is 5.25. The Bertz CT molecular complexity index is 331. The molecule has 0 saturated heterocycles. The zero-order valence-corrected chi connectivity index (χ0v) is 11.1. The fourth-order valence-electron chi connectivity index (χ4n) is 2.75. The molecule has 2 heteroatoms. The summed E-state index contributed by atoms with van der Waals surface area (Å²) < 4.78 is 0. The van der Waals surface area contributed by atoms with Gasteiger partial charge in [0.1, 0.15) is 0 Å². The molecule has 0 amide bonds. The quantitative estimate of drug-likeness (QED) is 0.860. The highest BCUT2D eigenvalue weighted by atomic mass is 14.9. The van der Waals surface area contributed by atoms with Crippen LogP contribution in [0, 0.1) is 6.92 Å². The van der Waals surface area contributed by atoms with E-state index < -0.39 is 0 Å². The van der Waals surface area contributed by atoms with Gasteiger partial charge in [-0.05, 0) is 56.7 Å².